The summed E-state index contributed by atoms with van der Waals surface area (Å²) in [4.78, 5) is 18.3. The van der Waals surface area contributed by atoms with Crippen LogP contribution in [0.1, 0.15) is 44.9 Å². The summed E-state index contributed by atoms with van der Waals surface area (Å²) in [5, 5.41) is 12.3. The van der Waals surface area contributed by atoms with E-state index in [2.05, 4.69) is 16.4 Å². The Bertz CT molecular complexity index is 631. The van der Waals surface area contributed by atoms with E-state index >= 15 is 0 Å². The van der Waals surface area contributed by atoms with Crippen LogP contribution < -0.4 is 5.32 Å². The summed E-state index contributed by atoms with van der Waals surface area (Å²) in [5.41, 5.74) is 0.845. The van der Waals surface area contributed by atoms with Crippen molar-refractivity contribution in [1.82, 2.24) is 9.88 Å². The number of nitrogens with zero attached hydrogens (tertiary/aromatic N) is 3. The Labute approximate surface area is 143 Å². The normalized spacial score (nSPS) is 18.0. The number of hydrogen-bond donors (Lipinski definition) is 1. The Morgan fingerprint density at radius 3 is 2.92 bits per heavy atom. The lowest BCUT2D eigenvalue weighted by molar-refractivity contribution is 0.0172. The second-order valence-electron chi connectivity index (χ2n) is 7.29. The molecule has 1 atom stereocenters. The molecule has 1 aromatic rings. The quantitative estimate of drug-likeness (QED) is 0.920. The highest BCUT2D eigenvalue weighted by atomic mass is 16.6. The van der Waals surface area contributed by atoms with E-state index in [-0.39, 0.29) is 6.09 Å². The molecule has 2 heterocycles. The number of carbonyl (C=O) groups is 1. The molecule has 1 aliphatic heterocycles. The summed E-state index contributed by atoms with van der Waals surface area (Å²) < 4.78 is 5.45. The monoisotopic (exact) mass is 330 g/mol. The van der Waals surface area contributed by atoms with Crippen LogP contribution in [-0.4, -0.2) is 41.2 Å². The predicted molar refractivity (Wildman–Crippen MR) is 92.7 cm³/mol. The maximum absolute atomic E-state index is 12.2. The van der Waals surface area contributed by atoms with Crippen molar-refractivity contribution in [1.29, 1.82) is 5.26 Å². The van der Waals surface area contributed by atoms with Crippen molar-refractivity contribution in [3.63, 3.8) is 0 Å². The number of piperidine rings is 1. The van der Waals surface area contributed by atoms with Crippen LogP contribution in [0.5, 0.6) is 0 Å². The van der Waals surface area contributed by atoms with Crippen molar-refractivity contribution in [3.05, 3.63) is 23.4 Å². The molecule has 1 saturated heterocycles. The topological polar surface area (TPSA) is 78.2 Å². The van der Waals surface area contributed by atoms with Gasteiger partial charge in [0.15, 0.2) is 0 Å². The first kappa shape index (κ1) is 18.1. The van der Waals surface area contributed by atoms with Gasteiger partial charge in [0.05, 0.1) is 0 Å². The van der Waals surface area contributed by atoms with Crippen molar-refractivity contribution < 1.29 is 9.53 Å². The molecule has 1 fully saturated rings. The van der Waals surface area contributed by atoms with Crippen molar-refractivity contribution in [2.45, 2.75) is 46.1 Å². The van der Waals surface area contributed by atoms with E-state index in [1.54, 1.807) is 4.90 Å². The van der Waals surface area contributed by atoms with Gasteiger partial charge in [0.25, 0.3) is 0 Å². The molecular formula is C18H26N4O2. The maximum atomic E-state index is 12.2. The Kier molecular flexibility index (Phi) is 5.66. The van der Waals surface area contributed by atoms with Gasteiger partial charge in [-0.1, -0.05) is 6.07 Å². The van der Waals surface area contributed by atoms with E-state index in [4.69, 9.17) is 10.00 Å². The minimum atomic E-state index is -0.470. The number of pyridine rings is 1. The third-order valence-electron chi connectivity index (χ3n) is 3.95. The van der Waals surface area contributed by atoms with Gasteiger partial charge < -0.3 is 15.0 Å². The molecule has 0 aliphatic carbocycles. The van der Waals surface area contributed by atoms with Crippen LogP contribution in [0.3, 0.4) is 0 Å². The number of likely N-dealkylation sites (tertiary alicyclic amines) is 1. The first-order valence-corrected chi connectivity index (χ1v) is 8.38. The molecule has 0 radical (unpaired) electrons. The van der Waals surface area contributed by atoms with Crippen LogP contribution in [-0.2, 0) is 4.74 Å². The molecule has 6 heteroatoms. The number of nitriles is 1. The number of aromatic nitrogens is 1. The second kappa shape index (κ2) is 7.52. The van der Waals surface area contributed by atoms with Crippen molar-refractivity contribution in [2.24, 2.45) is 5.92 Å². The molecule has 2 rings (SSSR count). The van der Waals surface area contributed by atoms with E-state index in [0.29, 0.717) is 24.0 Å². The zero-order chi connectivity index (χ0) is 17.7. The zero-order valence-electron chi connectivity index (χ0n) is 14.9. The first-order chi connectivity index (χ1) is 11.3. The summed E-state index contributed by atoms with van der Waals surface area (Å²) in [7, 11) is 0. The number of anilines is 1. The lowest BCUT2D eigenvalue weighted by Crippen LogP contribution is -2.44. The van der Waals surface area contributed by atoms with Crippen molar-refractivity contribution in [3.8, 4) is 6.07 Å². The fourth-order valence-electron chi connectivity index (χ4n) is 2.71. The number of hydrogen-bond acceptors (Lipinski definition) is 5. The van der Waals surface area contributed by atoms with Gasteiger partial charge in [-0.3, -0.25) is 0 Å². The van der Waals surface area contributed by atoms with Crippen LogP contribution in [0, 0.1) is 24.2 Å². The SMILES string of the molecule is Cc1ccc(NCC2CCCN(C(=O)OC(C)(C)C)C2)nc1C#N. The van der Waals surface area contributed by atoms with Crippen LogP contribution in [0.15, 0.2) is 12.1 Å². The fraction of sp³-hybridized carbons (Fsp3) is 0.611. The van der Waals surface area contributed by atoms with E-state index < -0.39 is 5.60 Å². The highest BCUT2D eigenvalue weighted by Crippen LogP contribution is 2.20. The minimum absolute atomic E-state index is 0.243. The van der Waals surface area contributed by atoms with Gasteiger partial charge in [0.2, 0.25) is 0 Å². The van der Waals surface area contributed by atoms with E-state index in [9.17, 15) is 4.79 Å². The summed E-state index contributed by atoms with van der Waals surface area (Å²) in [6.45, 7) is 9.65. The molecule has 6 nitrogen and oxygen atoms in total. The standard InChI is InChI=1S/C18H26N4O2/c1-13-7-8-16(21-15(13)10-19)20-11-14-6-5-9-22(12-14)17(23)24-18(2,3)4/h7-8,14H,5-6,9,11-12H2,1-4H3,(H,20,21). The summed E-state index contributed by atoms with van der Waals surface area (Å²) in [5.74, 6) is 1.05. The molecule has 0 spiro atoms. The lowest BCUT2D eigenvalue weighted by Gasteiger charge is -2.34. The van der Waals surface area contributed by atoms with Crippen LogP contribution >= 0.6 is 0 Å². The average molecular weight is 330 g/mol. The Hall–Kier alpha value is -2.29. The van der Waals surface area contributed by atoms with Gasteiger partial charge >= 0.3 is 6.09 Å². The molecular weight excluding hydrogens is 304 g/mol. The largest absolute Gasteiger partial charge is 0.444 e. The number of nitrogens with one attached hydrogen (secondary N) is 1. The maximum Gasteiger partial charge on any atom is 0.410 e. The molecule has 130 valence electrons. The van der Waals surface area contributed by atoms with Gasteiger partial charge in [0.1, 0.15) is 23.2 Å². The zero-order valence-corrected chi connectivity index (χ0v) is 14.9. The molecule has 0 saturated carbocycles. The third kappa shape index (κ3) is 5.12. The number of rotatable bonds is 3. The van der Waals surface area contributed by atoms with Crippen LogP contribution in [0.25, 0.3) is 0 Å². The lowest BCUT2D eigenvalue weighted by atomic mass is 9.98. The molecule has 1 N–H and O–H groups in total. The average Bonchev–Trinajstić information content (AvgIpc) is 2.53. The molecule has 1 aromatic heterocycles. The van der Waals surface area contributed by atoms with Gasteiger partial charge in [-0.2, -0.15) is 5.26 Å². The number of amides is 1. The highest BCUT2D eigenvalue weighted by molar-refractivity contribution is 5.68. The fourth-order valence-corrected chi connectivity index (χ4v) is 2.71. The molecule has 0 bridgehead atoms. The first-order valence-electron chi connectivity index (χ1n) is 8.38. The molecule has 1 amide bonds. The smallest absolute Gasteiger partial charge is 0.410 e. The van der Waals surface area contributed by atoms with Gasteiger partial charge in [-0.25, -0.2) is 9.78 Å². The van der Waals surface area contributed by atoms with Gasteiger partial charge in [-0.05, 0) is 58.1 Å². The summed E-state index contributed by atoms with van der Waals surface area (Å²) in [6.07, 6.45) is 1.78. The number of carbonyl (C=O) groups excluding carboxylic acids is 1. The van der Waals surface area contributed by atoms with E-state index in [0.717, 1.165) is 31.5 Å². The highest BCUT2D eigenvalue weighted by Gasteiger charge is 2.27. The minimum Gasteiger partial charge on any atom is -0.444 e. The van der Waals surface area contributed by atoms with Gasteiger partial charge in [-0.15, -0.1) is 0 Å². The van der Waals surface area contributed by atoms with Crippen molar-refractivity contribution in [2.75, 3.05) is 25.0 Å². The van der Waals surface area contributed by atoms with E-state index in [1.807, 2.05) is 39.8 Å². The Morgan fingerprint density at radius 1 is 1.50 bits per heavy atom. The number of aryl methyl sites for hydroxylation is 1. The Balaban J connectivity index is 1.89. The van der Waals surface area contributed by atoms with Gasteiger partial charge in [0, 0.05) is 19.6 Å². The summed E-state index contributed by atoms with van der Waals surface area (Å²) >= 11 is 0. The molecule has 1 aliphatic rings. The number of ether oxygens (including phenoxy) is 1. The van der Waals surface area contributed by atoms with E-state index in [1.165, 1.54) is 0 Å². The third-order valence-corrected chi connectivity index (χ3v) is 3.95. The predicted octanol–water partition coefficient (Wildman–Crippen LogP) is 3.32. The molecule has 0 aromatic carbocycles. The second-order valence-corrected chi connectivity index (χ2v) is 7.29. The van der Waals surface area contributed by atoms with Crippen LogP contribution in [0.4, 0.5) is 10.6 Å². The molecule has 24 heavy (non-hydrogen) atoms. The molecule has 1 unspecified atom stereocenters. The van der Waals surface area contributed by atoms with Crippen molar-refractivity contribution >= 4 is 11.9 Å². The van der Waals surface area contributed by atoms with Crippen LogP contribution in [0.2, 0.25) is 0 Å². The Morgan fingerprint density at radius 2 is 2.25 bits per heavy atom. The summed E-state index contributed by atoms with van der Waals surface area (Å²) in [6, 6.07) is 5.87.